The van der Waals surface area contributed by atoms with Crippen LogP contribution in [0.2, 0.25) is 0 Å². The number of hydrogen-bond donors (Lipinski definition) is 2. The highest BCUT2D eigenvalue weighted by Gasteiger charge is 2.45. The van der Waals surface area contributed by atoms with Gasteiger partial charge in [-0.05, 0) is 45.2 Å². The number of nitrogens with zero attached hydrogens (tertiary/aromatic N) is 4. The molecule has 1 aromatic carbocycles. The molecule has 12 nitrogen and oxygen atoms in total. The molecule has 3 aliphatic rings. The van der Waals surface area contributed by atoms with Gasteiger partial charge < -0.3 is 5.32 Å². The van der Waals surface area contributed by atoms with Crippen LogP contribution in [0.25, 0.3) is 0 Å². The van der Waals surface area contributed by atoms with Gasteiger partial charge in [0.15, 0.2) is 0 Å². The number of carbonyl (C=O) groups excluding carboxylic acids is 4. The minimum absolute atomic E-state index is 0.0610. The van der Waals surface area contributed by atoms with Gasteiger partial charge in [-0.1, -0.05) is 6.07 Å². The van der Waals surface area contributed by atoms with E-state index in [2.05, 4.69) is 15.7 Å². The van der Waals surface area contributed by atoms with Gasteiger partial charge in [0, 0.05) is 43.5 Å². The van der Waals surface area contributed by atoms with Crippen molar-refractivity contribution >= 4 is 39.3 Å². The summed E-state index contributed by atoms with van der Waals surface area (Å²) in [5.41, 5.74) is 1.74. The van der Waals surface area contributed by atoms with E-state index in [-0.39, 0.29) is 30.0 Å². The minimum atomic E-state index is -3.27. The number of amides is 4. The summed E-state index contributed by atoms with van der Waals surface area (Å²) < 4.78 is 28.3. The molecule has 2 saturated heterocycles. The zero-order valence-electron chi connectivity index (χ0n) is 21.2. The highest BCUT2D eigenvalue weighted by Crippen LogP contribution is 2.33. The third kappa shape index (κ3) is 4.60. The third-order valence-electron chi connectivity index (χ3n) is 7.36. The summed E-state index contributed by atoms with van der Waals surface area (Å²) in [5.74, 6) is -2.19. The van der Waals surface area contributed by atoms with Crippen LogP contribution >= 0.6 is 0 Å². The lowest BCUT2D eigenvalue weighted by Crippen LogP contribution is -2.54. The summed E-state index contributed by atoms with van der Waals surface area (Å²) in [6.45, 7) is 4.62. The van der Waals surface area contributed by atoms with Crippen LogP contribution < -0.4 is 10.6 Å². The molecule has 1 aromatic heterocycles. The maximum absolute atomic E-state index is 13.3. The number of hydrogen-bond acceptors (Lipinski definition) is 8. The van der Waals surface area contributed by atoms with Gasteiger partial charge in [0.2, 0.25) is 21.8 Å². The Morgan fingerprint density at radius 1 is 1.08 bits per heavy atom. The van der Waals surface area contributed by atoms with Gasteiger partial charge in [0.25, 0.3) is 11.8 Å². The van der Waals surface area contributed by atoms with Gasteiger partial charge in [-0.3, -0.25) is 34.1 Å². The highest BCUT2D eigenvalue weighted by molar-refractivity contribution is 7.89. The molecule has 2 fully saturated rings. The quantitative estimate of drug-likeness (QED) is 0.497. The summed E-state index contributed by atoms with van der Waals surface area (Å²) in [7, 11) is -3.27. The topological polar surface area (TPSA) is 151 Å². The SMILES string of the molecule is CC(C)S(=O)(=O)N1CCC(n2cc(CNc3cccc4c3C(=O)N(C3CCC(=O)NC3=O)C4=O)cn2)CC1. The Balaban J connectivity index is 1.25. The second-order valence-electron chi connectivity index (χ2n) is 10.1. The van der Waals surface area contributed by atoms with Gasteiger partial charge in [0.1, 0.15) is 6.04 Å². The molecule has 0 aliphatic carbocycles. The first-order valence-electron chi connectivity index (χ1n) is 12.7. The lowest BCUT2D eigenvalue weighted by atomic mass is 10.0. The number of rotatable bonds is 7. The van der Waals surface area contributed by atoms with E-state index in [9.17, 15) is 27.6 Å². The number of aromatic nitrogens is 2. The number of benzene rings is 1. The van der Waals surface area contributed by atoms with Crippen LogP contribution in [0.5, 0.6) is 0 Å². The maximum Gasteiger partial charge on any atom is 0.264 e. The van der Waals surface area contributed by atoms with Crippen LogP contribution in [-0.4, -0.2) is 75.4 Å². The predicted molar refractivity (Wildman–Crippen MR) is 137 cm³/mol. The number of imide groups is 2. The van der Waals surface area contributed by atoms with Crippen molar-refractivity contribution in [3.63, 3.8) is 0 Å². The number of piperidine rings is 2. The van der Waals surface area contributed by atoms with Crippen molar-refractivity contribution in [2.75, 3.05) is 18.4 Å². The number of carbonyl (C=O) groups is 4. The van der Waals surface area contributed by atoms with Crippen molar-refractivity contribution in [1.82, 2.24) is 24.3 Å². The fraction of sp³-hybridized carbons (Fsp3) is 0.480. The molecular formula is C25H30N6O6S. The fourth-order valence-corrected chi connectivity index (χ4v) is 6.50. The summed E-state index contributed by atoms with van der Waals surface area (Å²) in [5, 5.41) is 9.44. The van der Waals surface area contributed by atoms with E-state index in [0.29, 0.717) is 38.2 Å². The van der Waals surface area contributed by atoms with Crippen LogP contribution in [0.15, 0.2) is 30.6 Å². The Kier molecular flexibility index (Phi) is 6.82. The molecule has 1 unspecified atom stereocenters. The van der Waals surface area contributed by atoms with Crippen molar-refractivity contribution in [1.29, 1.82) is 0 Å². The first kappa shape index (κ1) is 26.0. The molecule has 202 valence electrons. The van der Waals surface area contributed by atoms with Gasteiger partial charge in [-0.25, -0.2) is 12.7 Å². The van der Waals surface area contributed by atoms with Gasteiger partial charge >= 0.3 is 0 Å². The summed E-state index contributed by atoms with van der Waals surface area (Å²) in [6.07, 6.45) is 5.11. The molecule has 0 radical (unpaired) electrons. The average Bonchev–Trinajstić information content (AvgIpc) is 3.46. The number of fused-ring (bicyclic) bond motifs is 1. The van der Waals surface area contributed by atoms with Crippen molar-refractivity contribution in [3.05, 3.63) is 47.3 Å². The van der Waals surface area contributed by atoms with E-state index in [1.807, 2.05) is 10.9 Å². The van der Waals surface area contributed by atoms with Crippen LogP contribution in [0.3, 0.4) is 0 Å². The summed E-state index contributed by atoms with van der Waals surface area (Å²) >= 11 is 0. The van der Waals surface area contributed by atoms with E-state index < -0.39 is 44.9 Å². The lowest BCUT2D eigenvalue weighted by Gasteiger charge is -2.32. The second-order valence-corrected chi connectivity index (χ2v) is 12.6. The van der Waals surface area contributed by atoms with Crippen molar-refractivity contribution < 1.29 is 27.6 Å². The van der Waals surface area contributed by atoms with Crippen LogP contribution in [0.4, 0.5) is 5.69 Å². The smallest absolute Gasteiger partial charge is 0.264 e. The van der Waals surface area contributed by atoms with Crippen LogP contribution in [-0.2, 0) is 26.2 Å². The Bertz CT molecular complexity index is 1410. The van der Waals surface area contributed by atoms with Crippen molar-refractivity contribution in [3.8, 4) is 0 Å². The lowest BCUT2D eigenvalue weighted by molar-refractivity contribution is -0.136. The maximum atomic E-state index is 13.3. The van der Waals surface area contributed by atoms with E-state index in [1.165, 1.54) is 0 Å². The molecule has 4 heterocycles. The molecule has 5 rings (SSSR count). The molecular weight excluding hydrogens is 512 g/mol. The molecule has 2 N–H and O–H groups in total. The molecule has 3 aliphatic heterocycles. The molecule has 0 saturated carbocycles. The minimum Gasteiger partial charge on any atom is -0.380 e. The van der Waals surface area contributed by atoms with Gasteiger partial charge in [0.05, 0.1) is 28.6 Å². The number of nitrogens with one attached hydrogen (secondary N) is 2. The van der Waals surface area contributed by atoms with E-state index in [0.717, 1.165) is 10.5 Å². The third-order valence-corrected chi connectivity index (χ3v) is 9.64. The largest absolute Gasteiger partial charge is 0.380 e. The molecule has 38 heavy (non-hydrogen) atoms. The zero-order valence-corrected chi connectivity index (χ0v) is 22.0. The number of sulfonamides is 1. The Morgan fingerprint density at radius 2 is 1.82 bits per heavy atom. The van der Waals surface area contributed by atoms with E-state index in [1.54, 1.807) is 42.5 Å². The molecule has 13 heteroatoms. The standard InChI is InChI=1S/C25H30N6O6S/c1-15(2)38(36,37)29-10-8-17(9-11-29)30-14-16(13-27-30)12-26-19-5-3-4-18-22(19)25(35)31(24(18)34)20-6-7-21(32)28-23(20)33/h3-5,13-15,17,20,26H,6-12H2,1-2H3,(H,28,32,33). The Morgan fingerprint density at radius 3 is 2.50 bits per heavy atom. The van der Waals surface area contributed by atoms with Crippen LogP contribution in [0.1, 0.15) is 71.9 Å². The molecule has 4 amide bonds. The Hall–Kier alpha value is -3.58. The monoisotopic (exact) mass is 542 g/mol. The molecule has 1 atom stereocenters. The van der Waals surface area contributed by atoms with E-state index in [4.69, 9.17) is 0 Å². The first-order valence-corrected chi connectivity index (χ1v) is 14.2. The fourth-order valence-electron chi connectivity index (χ4n) is 5.19. The first-order chi connectivity index (χ1) is 18.1. The summed E-state index contributed by atoms with van der Waals surface area (Å²) in [6, 6.07) is 3.99. The van der Waals surface area contributed by atoms with Crippen LogP contribution in [0, 0.1) is 0 Å². The highest BCUT2D eigenvalue weighted by atomic mass is 32.2. The normalized spacial score (nSPS) is 21.2. The van der Waals surface area contributed by atoms with Crippen molar-refractivity contribution in [2.24, 2.45) is 0 Å². The van der Waals surface area contributed by atoms with Gasteiger partial charge in [-0.2, -0.15) is 5.10 Å². The summed E-state index contributed by atoms with van der Waals surface area (Å²) in [4.78, 5) is 51.0. The van der Waals surface area contributed by atoms with Crippen molar-refractivity contribution in [2.45, 2.75) is 63.4 Å². The second kappa shape index (κ2) is 9.95. The molecule has 0 bridgehead atoms. The molecule has 0 spiro atoms. The van der Waals surface area contributed by atoms with Gasteiger partial charge in [-0.15, -0.1) is 0 Å². The zero-order chi connectivity index (χ0) is 27.2. The van der Waals surface area contributed by atoms with E-state index >= 15 is 0 Å². The number of anilines is 1. The predicted octanol–water partition coefficient (Wildman–Crippen LogP) is 1.27. The molecule has 2 aromatic rings. The Labute approximate surface area is 220 Å². The average molecular weight is 543 g/mol.